The van der Waals surface area contributed by atoms with E-state index in [4.69, 9.17) is 27.2 Å². The summed E-state index contributed by atoms with van der Waals surface area (Å²) in [4.78, 5) is 0. The van der Waals surface area contributed by atoms with Gasteiger partial charge in [0.05, 0.1) is 13.2 Å². The van der Waals surface area contributed by atoms with Gasteiger partial charge in [-0.25, -0.2) is 0 Å². The Morgan fingerprint density at radius 2 is 1.61 bits per heavy atom. The van der Waals surface area contributed by atoms with Crippen LogP contribution in [-0.4, -0.2) is 62.9 Å². The van der Waals surface area contributed by atoms with Gasteiger partial charge in [-0.2, -0.15) is 0 Å². The maximum atomic E-state index is 5.54. The highest BCUT2D eigenvalue weighted by Crippen LogP contribution is 2.10. The minimum absolute atomic E-state index is 0.352. The van der Waals surface area contributed by atoms with Crippen molar-refractivity contribution in [3.8, 4) is 0 Å². The fourth-order valence-electron chi connectivity index (χ4n) is 1.49. The standard InChI is InChI=1S/C11H24O6Si/c1-12-18(13-2,14-3)17-8-6-4-5-7-15-9-11-10-16-11/h11H,4-10H2,1-3H3. The minimum Gasteiger partial charge on any atom is -0.379 e. The maximum absolute atomic E-state index is 5.54. The van der Waals surface area contributed by atoms with E-state index in [2.05, 4.69) is 0 Å². The SMILES string of the molecule is CO[Si](OC)(OC)OCCCCCOCC1CO1. The second-order valence-electron chi connectivity index (χ2n) is 4.05. The molecule has 0 N–H and O–H groups in total. The molecule has 0 amide bonds. The van der Waals surface area contributed by atoms with Crippen LogP contribution in [0.2, 0.25) is 0 Å². The first-order valence-electron chi connectivity index (χ1n) is 6.25. The van der Waals surface area contributed by atoms with E-state index in [1.165, 1.54) is 21.3 Å². The van der Waals surface area contributed by atoms with Crippen molar-refractivity contribution < 1.29 is 27.2 Å². The molecule has 1 aliphatic heterocycles. The van der Waals surface area contributed by atoms with Gasteiger partial charge in [-0.3, -0.25) is 0 Å². The average Bonchev–Trinajstić information content (AvgIpc) is 3.22. The van der Waals surface area contributed by atoms with Crippen LogP contribution in [0.25, 0.3) is 0 Å². The zero-order chi connectivity index (χ0) is 13.3. The molecule has 1 saturated heterocycles. The number of hydrogen-bond acceptors (Lipinski definition) is 6. The van der Waals surface area contributed by atoms with E-state index in [-0.39, 0.29) is 0 Å². The summed E-state index contributed by atoms with van der Waals surface area (Å²) in [6.07, 6.45) is 3.36. The van der Waals surface area contributed by atoms with Gasteiger partial charge in [-0.1, -0.05) is 0 Å². The summed E-state index contributed by atoms with van der Waals surface area (Å²) >= 11 is 0. The second-order valence-corrected chi connectivity index (χ2v) is 6.57. The van der Waals surface area contributed by atoms with Crippen LogP contribution in [0, 0.1) is 0 Å². The normalized spacial score (nSPS) is 19.2. The molecule has 0 spiro atoms. The van der Waals surface area contributed by atoms with Crippen LogP contribution in [0.5, 0.6) is 0 Å². The zero-order valence-electron chi connectivity index (χ0n) is 11.5. The monoisotopic (exact) mass is 280 g/mol. The highest BCUT2D eigenvalue weighted by Gasteiger charge is 2.41. The Kier molecular flexibility index (Phi) is 7.99. The van der Waals surface area contributed by atoms with Crippen LogP contribution >= 0.6 is 0 Å². The molecule has 1 unspecified atom stereocenters. The van der Waals surface area contributed by atoms with Gasteiger partial charge in [-0.15, -0.1) is 0 Å². The van der Waals surface area contributed by atoms with Crippen LogP contribution in [0.15, 0.2) is 0 Å². The number of hydrogen-bond donors (Lipinski definition) is 0. The van der Waals surface area contributed by atoms with Gasteiger partial charge < -0.3 is 27.2 Å². The first kappa shape index (κ1) is 16.0. The molecular weight excluding hydrogens is 256 g/mol. The zero-order valence-corrected chi connectivity index (χ0v) is 12.5. The highest BCUT2D eigenvalue weighted by molar-refractivity contribution is 6.53. The predicted octanol–water partition coefficient (Wildman–Crippen LogP) is 0.963. The fraction of sp³-hybridized carbons (Fsp3) is 1.00. The van der Waals surface area contributed by atoms with Crippen molar-refractivity contribution in [1.82, 2.24) is 0 Å². The van der Waals surface area contributed by atoms with Crippen molar-refractivity contribution in [2.24, 2.45) is 0 Å². The molecule has 1 atom stereocenters. The van der Waals surface area contributed by atoms with Crippen molar-refractivity contribution in [3.63, 3.8) is 0 Å². The Morgan fingerprint density at radius 1 is 1.00 bits per heavy atom. The first-order valence-corrected chi connectivity index (χ1v) is 7.88. The Bertz CT molecular complexity index is 199. The first-order chi connectivity index (χ1) is 8.76. The molecule has 6 nitrogen and oxygen atoms in total. The largest absolute Gasteiger partial charge is 0.678 e. The van der Waals surface area contributed by atoms with Gasteiger partial charge >= 0.3 is 9.05 Å². The van der Waals surface area contributed by atoms with Gasteiger partial charge in [0.2, 0.25) is 0 Å². The number of ether oxygens (including phenoxy) is 2. The van der Waals surface area contributed by atoms with Crippen molar-refractivity contribution in [2.75, 3.05) is 47.8 Å². The molecule has 0 aliphatic carbocycles. The second kappa shape index (κ2) is 8.97. The lowest BCUT2D eigenvalue weighted by Crippen LogP contribution is -2.46. The van der Waals surface area contributed by atoms with Gasteiger partial charge in [0.25, 0.3) is 0 Å². The lowest BCUT2D eigenvalue weighted by Gasteiger charge is -2.22. The summed E-state index contributed by atoms with van der Waals surface area (Å²) < 4.78 is 31.5. The van der Waals surface area contributed by atoms with E-state index in [0.29, 0.717) is 12.7 Å². The third-order valence-electron chi connectivity index (χ3n) is 2.67. The molecule has 1 aliphatic rings. The van der Waals surface area contributed by atoms with Crippen LogP contribution < -0.4 is 0 Å². The molecule has 0 radical (unpaired) electrons. The Labute approximate surface area is 110 Å². The number of epoxide rings is 1. The van der Waals surface area contributed by atoms with Gasteiger partial charge in [0.1, 0.15) is 6.10 Å². The lowest BCUT2D eigenvalue weighted by atomic mass is 10.2. The summed E-state index contributed by atoms with van der Waals surface area (Å²) in [7, 11) is 1.76. The Hall–Kier alpha value is -0.0231. The van der Waals surface area contributed by atoms with Crippen LogP contribution in [0.1, 0.15) is 19.3 Å². The van der Waals surface area contributed by atoms with Crippen LogP contribution in [0.4, 0.5) is 0 Å². The third-order valence-corrected chi connectivity index (χ3v) is 4.73. The average molecular weight is 280 g/mol. The molecule has 1 rings (SSSR count). The third kappa shape index (κ3) is 6.23. The molecule has 7 heteroatoms. The topological polar surface area (TPSA) is 58.7 Å². The fourth-order valence-corrected chi connectivity index (χ4v) is 2.73. The van der Waals surface area contributed by atoms with Crippen molar-refractivity contribution in [3.05, 3.63) is 0 Å². The summed E-state index contributed by atoms with van der Waals surface area (Å²) in [6, 6.07) is 0. The maximum Gasteiger partial charge on any atom is 0.678 e. The van der Waals surface area contributed by atoms with E-state index in [1.54, 1.807) is 0 Å². The van der Waals surface area contributed by atoms with E-state index in [1.807, 2.05) is 0 Å². The number of unbranched alkanes of at least 4 members (excludes halogenated alkanes) is 2. The predicted molar refractivity (Wildman–Crippen MR) is 67.1 cm³/mol. The summed E-state index contributed by atoms with van der Waals surface area (Å²) in [6.45, 7) is 2.93. The van der Waals surface area contributed by atoms with E-state index < -0.39 is 9.05 Å². The molecular formula is C11H24O6Si. The van der Waals surface area contributed by atoms with E-state index >= 15 is 0 Å². The molecule has 0 aromatic rings. The molecule has 0 aromatic heterocycles. The minimum atomic E-state index is -2.85. The van der Waals surface area contributed by atoms with Crippen LogP contribution in [-0.2, 0) is 27.2 Å². The lowest BCUT2D eigenvalue weighted by molar-refractivity contribution is 0.00471. The molecule has 0 bridgehead atoms. The Balaban J connectivity index is 1.89. The molecule has 1 fully saturated rings. The highest BCUT2D eigenvalue weighted by atomic mass is 28.4. The molecule has 108 valence electrons. The quantitative estimate of drug-likeness (QED) is 0.301. The summed E-state index contributed by atoms with van der Waals surface area (Å²) in [5.41, 5.74) is 0. The van der Waals surface area contributed by atoms with Crippen LogP contribution in [0.3, 0.4) is 0 Å². The summed E-state index contributed by atoms with van der Waals surface area (Å²) in [5, 5.41) is 0. The van der Waals surface area contributed by atoms with Crippen molar-refractivity contribution >= 4 is 9.05 Å². The number of rotatable bonds is 12. The van der Waals surface area contributed by atoms with Crippen molar-refractivity contribution in [1.29, 1.82) is 0 Å². The van der Waals surface area contributed by atoms with Crippen molar-refractivity contribution in [2.45, 2.75) is 25.4 Å². The molecule has 0 saturated carbocycles. The van der Waals surface area contributed by atoms with Gasteiger partial charge in [0.15, 0.2) is 0 Å². The molecule has 0 aromatic carbocycles. The van der Waals surface area contributed by atoms with E-state index in [0.717, 1.165) is 39.1 Å². The summed E-state index contributed by atoms with van der Waals surface area (Å²) in [5.74, 6) is 0. The molecule has 18 heavy (non-hydrogen) atoms. The van der Waals surface area contributed by atoms with Gasteiger partial charge in [-0.05, 0) is 19.3 Å². The Morgan fingerprint density at radius 3 is 2.17 bits per heavy atom. The smallest absolute Gasteiger partial charge is 0.379 e. The van der Waals surface area contributed by atoms with E-state index in [9.17, 15) is 0 Å². The van der Waals surface area contributed by atoms with Gasteiger partial charge in [0, 0.05) is 34.5 Å². The molecule has 1 heterocycles.